The van der Waals surface area contributed by atoms with Crippen LogP contribution in [0.2, 0.25) is 0 Å². The Hall–Kier alpha value is -0.220. The Bertz CT molecular complexity index is 170. The molecule has 2 atom stereocenters. The molecule has 4 heteroatoms. The second kappa shape index (κ2) is 4.14. The van der Waals surface area contributed by atoms with E-state index >= 15 is 0 Å². The molecule has 1 aliphatic rings. The first-order valence-corrected chi connectivity index (χ1v) is 5.16. The minimum Gasteiger partial charge on any atom is -0.462 e. The van der Waals surface area contributed by atoms with Gasteiger partial charge in [0.05, 0.1) is 12.2 Å². The molecule has 0 radical (unpaired) electrons. The molecule has 3 nitrogen and oxygen atoms in total. The number of thioether (sulfide) groups is 1. The van der Waals surface area contributed by atoms with Gasteiger partial charge in [0.25, 0.3) is 0 Å². The summed E-state index contributed by atoms with van der Waals surface area (Å²) < 4.78 is 4.98. The van der Waals surface area contributed by atoms with E-state index in [1.54, 1.807) is 0 Å². The van der Waals surface area contributed by atoms with Crippen molar-refractivity contribution in [2.24, 2.45) is 0 Å². The molecule has 0 aliphatic carbocycles. The van der Waals surface area contributed by atoms with E-state index < -0.39 is 6.10 Å². The molecule has 1 heterocycles. The first kappa shape index (κ1) is 9.86. The highest BCUT2D eigenvalue weighted by Gasteiger charge is 2.33. The van der Waals surface area contributed by atoms with Crippen molar-refractivity contribution in [1.82, 2.24) is 0 Å². The van der Waals surface area contributed by atoms with Crippen molar-refractivity contribution in [2.45, 2.75) is 37.7 Å². The van der Waals surface area contributed by atoms with Gasteiger partial charge in [-0.1, -0.05) is 0 Å². The lowest BCUT2D eigenvalue weighted by Gasteiger charge is -2.14. The summed E-state index contributed by atoms with van der Waals surface area (Å²) in [6, 6.07) is 0. The third-order valence-corrected chi connectivity index (χ3v) is 2.98. The van der Waals surface area contributed by atoms with Gasteiger partial charge in [-0.05, 0) is 26.0 Å². The maximum absolute atomic E-state index is 11.3. The number of ether oxygens (including phenoxy) is 1. The zero-order valence-corrected chi connectivity index (χ0v) is 8.13. The molecule has 0 saturated carbocycles. The average Bonchev–Trinajstić information content (AvgIpc) is 2.33. The second-order valence-corrected chi connectivity index (χ2v) is 4.38. The summed E-state index contributed by atoms with van der Waals surface area (Å²) in [5.74, 6) is 0.568. The van der Waals surface area contributed by atoms with Crippen molar-refractivity contribution < 1.29 is 14.6 Å². The zero-order valence-electron chi connectivity index (χ0n) is 7.32. The van der Waals surface area contributed by atoms with E-state index in [9.17, 15) is 9.90 Å². The molecule has 1 rings (SSSR count). The highest BCUT2D eigenvalue weighted by atomic mass is 32.2. The third-order valence-electron chi connectivity index (χ3n) is 1.64. The quantitative estimate of drug-likeness (QED) is 0.654. The van der Waals surface area contributed by atoms with Gasteiger partial charge >= 0.3 is 5.97 Å². The number of aliphatic hydroxyl groups is 1. The van der Waals surface area contributed by atoms with Crippen molar-refractivity contribution in [1.29, 1.82) is 0 Å². The number of carbonyl (C=O) groups is 1. The molecule has 0 aromatic carbocycles. The number of aliphatic hydroxyl groups excluding tert-OH is 1. The summed E-state index contributed by atoms with van der Waals surface area (Å²) >= 11 is 1.48. The zero-order chi connectivity index (χ0) is 9.14. The summed E-state index contributed by atoms with van der Waals surface area (Å²) in [6.07, 6.45) is 0.0925. The summed E-state index contributed by atoms with van der Waals surface area (Å²) in [5.41, 5.74) is 0. The molecule has 0 aromatic heterocycles. The lowest BCUT2D eigenvalue weighted by atomic mass is 10.2. The predicted octanol–water partition coefficient (Wildman–Crippen LogP) is 0.804. The maximum atomic E-state index is 11.3. The summed E-state index contributed by atoms with van der Waals surface area (Å²) in [7, 11) is 0. The molecular weight excluding hydrogens is 176 g/mol. The first-order valence-electron chi connectivity index (χ1n) is 4.11. The van der Waals surface area contributed by atoms with E-state index in [1.165, 1.54) is 11.8 Å². The van der Waals surface area contributed by atoms with E-state index in [2.05, 4.69) is 0 Å². The minimum absolute atomic E-state index is 0.0918. The van der Waals surface area contributed by atoms with Crippen molar-refractivity contribution in [3.05, 3.63) is 0 Å². The fourth-order valence-electron chi connectivity index (χ4n) is 1.10. The number of hydrogen-bond donors (Lipinski definition) is 1. The van der Waals surface area contributed by atoms with Crippen LogP contribution in [0.15, 0.2) is 0 Å². The summed E-state index contributed by atoms with van der Waals surface area (Å²) in [6.45, 7) is 3.62. The van der Waals surface area contributed by atoms with E-state index in [1.807, 2.05) is 13.8 Å². The topological polar surface area (TPSA) is 46.5 Å². The predicted molar refractivity (Wildman–Crippen MR) is 48.1 cm³/mol. The van der Waals surface area contributed by atoms with Gasteiger partial charge in [0.2, 0.25) is 0 Å². The Morgan fingerprint density at radius 2 is 2.33 bits per heavy atom. The van der Waals surface area contributed by atoms with Crippen molar-refractivity contribution in [3.8, 4) is 0 Å². The van der Waals surface area contributed by atoms with Crippen molar-refractivity contribution in [3.63, 3.8) is 0 Å². The Morgan fingerprint density at radius 1 is 1.67 bits per heavy atom. The van der Waals surface area contributed by atoms with Gasteiger partial charge in [0.15, 0.2) is 0 Å². The average molecular weight is 190 g/mol. The van der Waals surface area contributed by atoms with Crippen LogP contribution in [0.4, 0.5) is 0 Å². The highest BCUT2D eigenvalue weighted by molar-refractivity contribution is 8.00. The lowest BCUT2D eigenvalue weighted by molar-refractivity contribution is -0.148. The van der Waals surface area contributed by atoms with Crippen LogP contribution in [0, 0.1) is 0 Å². The van der Waals surface area contributed by atoms with E-state index in [4.69, 9.17) is 4.74 Å². The Labute approximate surface area is 76.5 Å². The van der Waals surface area contributed by atoms with Crippen LogP contribution in [-0.2, 0) is 9.53 Å². The molecule has 0 bridgehead atoms. The number of rotatable bonds is 2. The van der Waals surface area contributed by atoms with Gasteiger partial charge in [-0.25, -0.2) is 0 Å². The molecular formula is C8H14O3S. The van der Waals surface area contributed by atoms with Crippen LogP contribution in [0.1, 0.15) is 20.3 Å². The third kappa shape index (κ3) is 2.38. The molecule has 70 valence electrons. The van der Waals surface area contributed by atoms with E-state index in [0.29, 0.717) is 6.42 Å². The van der Waals surface area contributed by atoms with Crippen LogP contribution in [0.3, 0.4) is 0 Å². The van der Waals surface area contributed by atoms with Gasteiger partial charge in [-0.3, -0.25) is 4.79 Å². The van der Waals surface area contributed by atoms with E-state index in [0.717, 1.165) is 5.75 Å². The van der Waals surface area contributed by atoms with Crippen LogP contribution >= 0.6 is 11.8 Å². The molecule has 1 aliphatic heterocycles. The maximum Gasteiger partial charge on any atom is 0.321 e. The smallest absolute Gasteiger partial charge is 0.321 e. The first-order chi connectivity index (χ1) is 5.61. The molecule has 1 saturated heterocycles. The van der Waals surface area contributed by atoms with Crippen LogP contribution < -0.4 is 0 Å². The Morgan fingerprint density at radius 3 is 2.75 bits per heavy atom. The molecule has 2 unspecified atom stereocenters. The molecule has 12 heavy (non-hydrogen) atoms. The molecule has 0 amide bonds. The number of carbonyl (C=O) groups excluding carboxylic acids is 1. The van der Waals surface area contributed by atoms with Crippen LogP contribution in [0.25, 0.3) is 0 Å². The van der Waals surface area contributed by atoms with Gasteiger partial charge in [0, 0.05) is 0 Å². The monoisotopic (exact) mass is 190 g/mol. The van der Waals surface area contributed by atoms with Gasteiger partial charge < -0.3 is 9.84 Å². The second-order valence-electron chi connectivity index (χ2n) is 3.13. The fourth-order valence-corrected chi connectivity index (χ4v) is 2.28. The van der Waals surface area contributed by atoms with Crippen molar-refractivity contribution >= 4 is 17.7 Å². The standard InChI is InChI=1S/C8H14O3S/c1-5(2)11-8(10)7-6(9)3-4-12-7/h5-7,9H,3-4H2,1-2H3. The number of hydrogen-bond acceptors (Lipinski definition) is 4. The van der Waals surface area contributed by atoms with Gasteiger partial charge in [-0.15, -0.1) is 11.8 Å². The molecule has 0 spiro atoms. The largest absolute Gasteiger partial charge is 0.462 e. The Kier molecular flexibility index (Phi) is 3.40. The molecule has 1 fully saturated rings. The highest BCUT2D eigenvalue weighted by Crippen LogP contribution is 2.27. The normalized spacial score (nSPS) is 29.3. The van der Waals surface area contributed by atoms with Gasteiger partial charge in [0.1, 0.15) is 5.25 Å². The minimum atomic E-state index is -0.513. The van der Waals surface area contributed by atoms with E-state index in [-0.39, 0.29) is 17.3 Å². The number of esters is 1. The van der Waals surface area contributed by atoms with Crippen molar-refractivity contribution in [2.75, 3.05) is 5.75 Å². The summed E-state index contributed by atoms with van der Waals surface area (Å²) in [5, 5.41) is 9.00. The summed E-state index contributed by atoms with van der Waals surface area (Å²) in [4.78, 5) is 11.3. The van der Waals surface area contributed by atoms with Crippen LogP contribution in [-0.4, -0.2) is 34.3 Å². The molecule has 0 aromatic rings. The van der Waals surface area contributed by atoms with Crippen LogP contribution in [0.5, 0.6) is 0 Å². The SMILES string of the molecule is CC(C)OC(=O)C1SCCC1O. The van der Waals surface area contributed by atoms with Gasteiger partial charge in [-0.2, -0.15) is 0 Å². The lowest BCUT2D eigenvalue weighted by Crippen LogP contribution is -2.30. The Balaban J connectivity index is 2.41. The molecule has 1 N–H and O–H groups in total. The fraction of sp³-hybridized carbons (Fsp3) is 0.875.